The molecule has 0 bridgehead atoms. The maximum Gasteiger partial charge on any atom is 0.312 e. The molecule has 0 aliphatic heterocycles. The number of aromatic nitrogens is 2. The van der Waals surface area contributed by atoms with Crippen molar-refractivity contribution in [2.75, 3.05) is 0 Å². The molecule has 0 aliphatic carbocycles. The zero-order chi connectivity index (χ0) is 11.0. The minimum absolute atomic E-state index is 0.398. The lowest BCUT2D eigenvalue weighted by molar-refractivity contribution is -0.138. The van der Waals surface area contributed by atoms with E-state index in [0.29, 0.717) is 10.7 Å². The van der Waals surface area contributed by atoms with Gasteiger partial charge in [-0.05, 0) is 19.1 Å². The molecule has 78 valence electrons. The van der Waals surface area contributed by atoms with E-state index < -0.39 is 11.9 Å². The normalized spacial score (nSPS) is 12.9. The van der Waals surface area contributed by atoms with E-state index >= 15 is 0 Å². The van der Waals surface area contributed by atoms with Crippen LogP contribution in [0.5, 0.6) is 0 Å². The highest BCUT2D eigenvalue weighted by Gasteiger charge is 2.21. The van der Waals surface area contributed by atoms with Crippen LogP contribution < -0.4 is 0 Å². The second-order valence-electron chi connectivity index (χ2n) is 3.29. The third-order valence-corrected chi connectivity index (χ3v) is 2.67. The SMILES string of the molecule is CC(C(=O)O)c1nn2ccccc2c1Cl. The minimum Gasteiger partial charge on any atom is -0.481 e. The molecule has 2 heterocycles. The first-order chi connectivity index (χ1) is 7.11. The van der Waals surface area contributed by atoms with Gasteiger partial charge in [-0.25, -0.2) is 4.52 Å². The first-order valence-electron chi connectivity index (χ1n) is 4.47. The summed E-state index contributed by atoms with van der Waals surface area (Å²) in [6.45, 7) is 1.57. The van der Waals surface area contributed by atoms with Crippen LogP contribution in [0, 0.1) is 0 Å². The van der Waals surface area contributed by atoms with Gasteiger partial charge < -0.3 is 5.11 Å². The van der Waals surface area contributed by atoms with Crippen molar-refractivity contribution in [1.29, 1.82) is 0 Å². The highest BCUT2D eigenvalue weighted by Crippen LogP contribution is 2.27. The Hall–Kier alpha value is -1.55. The Labute approximate surface area is 91.1 Å². The Morgan fingerprint density at radius 1 is 1.60 bits per heavy atom. The molecule has 0 saturated heterocycles. The summed E-state index contributed by atoms with van der Waals surface area (Å²) >= 11 is 6.05. The summed E-state index contributed by atoms with van der Waals surface area (Å²) in [6, 6.07) is 5.44. The van der Waals surface area contributed by atoms with Gasteiger partial charge in [-0.1, -0.05) is 17.7 Å². The van der Waals surface area contributed by atoms with Crippen molar-refractivity contribution >= 4 is 23.1 Å². The summed E-state index contributed by atoms with van der Waals surface area (Å²) in [6.07, 6.45) is 1.74. The summed E-state index contributed by atoms with van der Waals surface area (Å²) in [5.41, 5.74) is 1.12. The lowest BCUT2D eigenvalue weighted by Gasteiger charge is -2.00. The fourth-order valence-corrected chi connectivity index (χ4v) is 1.73. The standard InChI is InChI=1S/C10H9ClN2O2/c1-6(10(14)15)9-8(11)7-4-2-3-5-13(7)12-9/h2-6H,1H3,(H,14,15). The van der Waals surface area contributed by atoms with E-state index in [1.54, 1.807) is 23.7 Å². The average Bonchev–Trinajstić information content (AvgIpc) is 2.56. The first-order valence-corrected chi connectivity index (χ1v) is 4.84. The van der Waals surface area contributed by atoms with Crippen molar-refractivity contribution in [3.8, 4) is 0 Å². The Balaban J connectivity index is 2.63. The van der Waals surface area contributed by atoms with Crippen molar-refractivity contribution in [1.82, 2.24) is 9.61 Å². The molecule has 1 N–H and O–H groups in total. The van der Waals surface area contributed by atoms with Crippen LogP contribution in [0.3, 0.4) is 0 Å². The van der Waals surface area contributed by atoms with E-state index in [-0.39, 0.29) is 0 Å². The molecule has 15 heavy (non-hydrogen) atoms. The van der Waals surface area contributed by atoms with E-state index in [0.717, 1.165) is 5.52 Å². The zero-order valence-electron chi connectivity index (χ0n) is 8.01. The monoisotopic (exact) mass is 224 g/mol. The zero-order valence-corrected chi connectivity index (χ0v) is 8.77. The van der Waals surface area contributed by atoms with Crippen LogP contribution in [0.1, 0.15) is 18.5 Å². The second-order valence-corrected chi connectivity index (χ2v) is 3.67. The van der Waals surface area contributed by atoms with Crippen LogP contribution in [0.15, 0.2) is 24.4 Å². The molecular formula is C10H9ClN2O2. The van der Waals surface area contributed by atoms with Crippen molar-refractivity contribution in [3.05, 3.63) is 35.1 Å². The summed E-state index contributed by atoms with van der Waals surface area (Å²) < 4.78 is 1.58. The minimum atomic E-state index is -0.930. The second kappa shape index (κ2) is 3.55. The summed E-state index contributed by atoms with van der Waals surface area (Å²) in [5.74, 6) is -1.63. The number of nitrogens with zero attached hydrogens (tertiary/aromatic N) is 2. The van der Waals surface area contributed by atoms with Crippen molar-refractivity contribution in [2.45, 2.75) is 12.8 Å². The lowest BCUT2D eigenvalue weighted by atomic mass is 10.1. The quantitative estimate of drug-likeness (QED) is 0.851. The van der Waals surface area contributed by atoms with Gasteiger partial charge in [0.1, 0.15) is 0 Å². The van der Waals surface area contributed by atoms with Gasteiger partial charge in [-0.3, -0.25) is 4.79 Å². The first kappa shape index (κ1) is 9.98. The molecule has 0 fully saturated rings. The number of pyridine rings is 1. The fraction of sp³-hybridized carbons (Fsp3) is 0.200. The Morgan fingerprint density at radius 2 is 2.33 bits per heavy atom. The van der Waals surface area contributed by atoms with Crippen molar-refractivity contribution < 1.29 is 9.90 Å². The summed E-state index contributed by atoms with van der Waals surface area (Å²) in [5, 5.41) is 13.4. The van der Waals surface area contributed by atoms with E-state index in [9.17, 15) is 4.79 Å². The number of halogens is 1. The Kier molecular flexibility index (Phi) is 2.36. The topological polar surface area (TPSA) is 54.6 Å². The summed E-state index contributed by atoms with van der Waals surface area (Å²) in [4.78, 5) is 10.8. The molecule has 1 unspecified atom stereocenters. The predicted octanol–water partition coefficient (Wildman–Crippen LogP) is 2.18. The molecular weight excluding hydrogens is 216 g/mol. The maximum absolute atomic E-state index is 10.8. The van der Waals surface area contributed by atoms with Crippen LogP contribution in [0.2, 0.25) is 5.02 Å². The third-order valence-electron chi connectivity index (χ3n) is 2.29. The lowest BCUT2D eigenvalue weighted by Crippen LogP contribution is -2.08. The summed E-state index contributed by atoms with van der Waals surface area (Å²) in [7, 11) is 0. The van der Waals surface area contributed by atoms with Gasteiger partial charge in [-0.15, -0.1) is 0 Å². The highest BCUT2D eigenvalue weighted by molar-refractivity contribution is 6.34. The molecule has 5 heteroatoms. The molecule has 1 atom stereocenters. The van der Waals surface area contributed by atoms with Gasteiger partial charge in [0.25, 0.3) is 0 Å². The van der Waals surface area contributed by atoms with Crippen LogP contribution in [0.25, 0.3) is 5.52 Å². The van der Waals surface area contributed by atoms with Gasteiger partial charge in [0.2, 0.25) is 0 Å². The fourth-order valence-electron chi connectivity index (χ4n) is 1.38. The maximum atomic E-state index is 10.8. The number of fused-ring (bicyclic) bond motifs is 1. The Bertz CT molecular complexity index is 521. The van der Waals surface area contributed by atoms with Crippen LogP contribution in [0.4, 0.5) is 0 Å². The Morgan fingerprint density at radius 3 is 2.93 bits per heavy atom. The van der Waals surface area contributed by atoms with E-state index in [2.05, 4.69) is 5.10 Å². The van der Waals surface area contributed by atoms with Gasteiger partial charge in [0.15, 0.2) is 0 Å². The number of rotatable bonds is 2. The van der Waals surface area contributed by atoms with Crippen LogP contribution in [-0.4, -0.2) is 20.7 Å². The van der Waals surface area contributed by atoms with E-state index in [1.807, 2.05) is 12.1 Å². The molecule has 0 aliphatic rings. The largest absolute Gasteiger partial charge is 0.481 e. The number of carboxylic acid groups (broad SMARTS) is 1. The molecule has 0 aromatic carbocycles. The molecule has 2 aromatic heterocycles. The van der Waals surface area contributed by atoms with Crippen molar-refractivity contribution in [3.63, 3.8) is 0 Å². The van der Waals surface area contributed by atoms with Crippen LogP contribution >= 0.6 is 11.6 Å². The molecule has 0 radical (unpaired) electrons. The van der Waals surface area contributed by atoms with Crippen LogP contribution in [-0.2, 0) is 4.79 Å². The number of aliphatic carboxylic acids is 1. The van der Waals surface area contributed by atoms with Gasteiger partial charge in [0, 0.05) is 6.20 Å². The number of hydrogen-bond donors (Lipinski definition) is 1. The van der Waals surface area contributed by atoms with E-state index in [4.69, 9.17) is 16.7 Å². The molecule has 2 aromatic rings. The number of hydrogen-bond acceptors (Lipinski definition) is 2. The predicted molar refractivity (Wildman–Crippen MR) is 56.3 cm³/mol. The third kappa shape index (κ3) is 1.57. The van der Waals surface area contributed by atoms with Gasteiger partial charge in [0.05, 0.1) is 22.2 Å². The van der Waals surface area contributed by atoms with Gasteiger partial charge >= 0.3 is 5.97 Å². The number of carbonyl (C=O) groups is 1. The van der Waals surface area contributed by atoms with Gasteiger partial charge in [-0.2, -0.15) is 5.10 Å². The molecule has 0 spiro atoms. The van der Waals surface area contributed by atoms with Crippen molar-refractivity contribution in [2.24, 2.45) is 0 Å². The smallest absolute Gasteiger partial charge is 0.312 e. The molecule has 0 amide bonds. The molecule has 2 rings (SSSR count). The molecule has 4 nitrogen and oxygen atoms in total. The average molecular weight is 225 g/mol. The van der Waals surface area contributed by atoms with E-state index in [1.165, 1.54) is 0 Å². The highest BCUT2D eigenvalue weighted by atomic mass is 35.5. The molecule has 0 saturated carbocycles. The number of carboxylic acids is 1.